The van der Waals surface area contributed by atoms with Crippen LogP contribution in [0.2, 0.25) is 0 Å². The van der Waals surface area contributed by atoms with Gasteiger partial charge in [-0.1, -0.05) is 6.07 Å². The molecule has 1 aromatic rings. The summed E-state index contributed by atoms with van der Waals surface area (Å²) in [5.41, 5.74) is 0.928. The summed E-state index contributed by atoms with van der Waals surface area (Å²) >= 11 is 0. The minimum absolute atomic E-state index is 0.0592. The Morgan fingerprint density at radius 2 is 2.04 bits per heavy atom. The Balaban J connectivity index is 1.83. The van der Waals surface area contributed by atoms with Gasteiger partial charge in [0.15, 0.2) is 11.5 Å². The first-order chi connectivity index (χ1) is 11.5. The summed E-state index contributed by atoms with van der Waals surface area (Å²) in [6.07, 6.45) is 2.77. The van der Waals surface area contributed by atoms with Gasteiger partial charge < -0.3 is 19.7 Å². The fourth-order valence-corrected chi connectivity index (χ4v) is 3.23. The molecule has 0 bridgehead atoms. The highest BCUT2D eigenvalue weighted by Gasteiger charge is 2.22. The van der Waals surface area contributed by atoms with Gasteiger partial charge in [-0.25, -0.2) is 0 Å². The number of likely N-dealkylation sites (tertiary alicyclic amines) is 1. The van der Waals surface area contributed by atoms with E-state index >= 15 is 0 Å². The van der Waals surface area contributed by atoms with Crippen molar-refractivity contribution < 1.29 is 14.3 Å². The number of piperidine rings is 1. The second-order valence-corrected chi connectivity index (χ2v) is 6.77. The number of nitrogens with one attached hydrogen (secondary N) is 1. The molecule has 1 fully saturated rings. The van der Waals surface area contributed by atoms with Gasteiger partial charge >= 0.3 is 0 Å². The van der Waals surface area contributed by atoms with Gasteiger partial charge in [-0.3, -0.25) is 4.79 Å². The number of hydrogen-bond donors (Lipinski definition) is 1. The number of nitrogens with zero attached hydrogens (tertiary/aromatic N) is 1. The SMILES string of the molecule is COc1ccc(CC(=O)NC[C@H]2CCCN(C(C)C)C2)cc1OC. The first kappa shape index (κ1) is 18.6. The number of carbonyl (C=O) groups excluding carboxylic acids is 1. The molecule has 5 heteroatoms. The number of methoxy groups -OCH3 is 2. The van der Waals surface area contributed by atoms with E-state index in [2.05, 4.69) is 24.1 Å². The Hall–Kier alpha value is -1.75. The highest BCUT2D eigenvalue weighted by Crippen LogP contribution is 2.27. The smallest absolute Gasteiger partial charge is 0.224 e. The van der Waals surface area contributed by atoms with Crippen LogP contribution in [-0.4, -0.2) is 50.7 Å². The van der Waals surface area contributed by atoms with Crippen molar-refractivity contribution in [2.24, 2.45) is 5.92 Å². The predicted octanol–water partition coefficient (Wildman–Crippen LogP) is 2.48. The standard InChI is InChI=1S/C19H30N2O3/c1-14(2)21-9-5-6-16(13-21)12-20-19(22)11-15-7-8-17(23-3)18(10-15)24-4/h7-8,10,14,16H,5-6,9,11-13H2,1-4H3,(H,20,22)/t16-/m1/s1. The van der Waals surface area contributed by atoms with E-state index in [1.165, 1.54) is 19.4 Å². The van der Waals surface area contributed by atoms with Gasteiger partial charge in [0.1, 0.15) is 0 Å². The van der Waals surface area contributed by atoms with Crippen LogP contribution in [0.1, 0.15) is 32.3 Å². The second-order valence-electron chi connectivity index (χ2n) is 6.77. The number of benzene rings is 1. The third-order valence-electron chi connectivity index (χ3n) is 4.68. The first-order valence-electron chi connectivity index (χ1n) is 8.75. The van der Waals surface area contributed by atoms with Crippen LogP contribution < -0.4 is 14.8 Å². The number of ether oxygens (including phenoxy) is 2. The predicted molar refractivity (Wildman–Crippen MR) is 95.7 cm³/mol. The number of hydrogen-bond acceptors (Lipinski definition) is 4. The Morgan fingerprint density at radius 1 is 1.29 bits per heavy atom. The number of amides is 1. The topological polar surface area (TPSA) is 50.8 Å². The normalized spacial score (nSPS) is 18.5. The van der Waals surface area contributed by atoms with E-state index < -0.39 is 0 Å². The van der Waals surface area contributed by atoms with Crippen LogP contribution in [0.3, 0.4) is 0 Å². The highest BCUT2D eigenvalue weighted by atomic mass is 16.5. The van der Waals surface area contributed by atoms with E-state index in [1.807, 2.05) is 18.2 Å². The quantitative estimate of drug-likeness (QED) is 0.832. The Morgan fingerprint density at radius 3 is 2.71 bits per heavy atom. The molecule has 1 amide bonds. The van der Waals surface area contributed by atoms with Crippen LogP contribution in [0.25, 0.3) is 0 Å². The highest BCUT2D eigenvalue weighted by molar-refractivity contribution is 5.78. The molecular formula is C19H30N2O3. The van der Waals surface area contributed by atoms with Crippen LogP contribution in [0.4, 0.5) is 0 Å². The van der Waals surface area contributed by atoms with Gasteiger partial charge in [-0.05, 0) is 56.8 Å². The van der Waals surface area contributed by atoms with Crippen molar-refractivity contribution in [3.8, 4) is 11.5 Å². The van der Waals surface area contributed by atoms with Gasteiger partial charge in [-0.15, -0.1) is 0 Å². The zero-order valence-corrected chi connectivity index (χ0v) is 15.3. The molecule has 0 aliphatic carbocycles. The number of carbonyl (C=O) groups is 1. The summed E-state index contributed by atoms with van der Waals surface area (Å²) in [7, 11) is 3.21. The summed E-state index contributed by atoms with van der Waals surface area (Å²) < 4.78 is 10.5. The maximum absolute atomic E-state index is 12.2. The molecule has 0 aromatic heterocycles. The van der Waals surface area contributed by atoms with Crippen molar-refractivity contribution in [2.45, 2.75) is 39.2 Å². The lowest BCUT2D eigenvalue weighted by molar-refractivity contribution is -0.120. The third kappa shape index (κ3) is 5.13. The summed E-state index contributed by atoms with van der Waals surface area (Å²) in [5, 5.41) is 3.09. The molecule has 134 valence electrons. The zero-order chi connectivity index (χ0) is 17.5. The summed E-state index contributed by atoms with van der Waals surface area (Å²) in [4.78, 5) is 14.7. The maximum Gasteiger partial charge on any atom is 0.224 e. The van der Waals surface area contributed by atoms with Crippen LogP contribution in [0.15, 0.2) is 18.2 Å². The zero-order valence-electron chi connectivity index (χ0n) is 15.3. The molecule has 0 radical (unpaired) electrons. The molecule has 24 heavy (non-hydrogen) atoms. The third-order valence-corrected chi connectivity index (χ3v) is 4.68. The molecule has 1 aliphatic heterocycles. The summed E-state index contributed by atoms with van der Waals surface area (Å²) in [6, 6.07) is 6.18. The summed E-state index contributed by atoms with van der Waals surface area (Å²) in [6.45, 7) is 7.48. The average molecular weight is 334 g/mol. The maximum atomic E-state index is 12.2. The average Bonchev–Trinajstić information content (AvgIpc) is 2.60. The van der Waals surface area contributed by atoms with Crippen molar-refractivity contribution in [2.75, 3.05) is 33.9 Å². The van der Waals surface area contributed by atoms with Gasteiger partial charge in [-0.2, -0.15) is 0 Å². The van der Waals surface area contributed by atoms with Gasteiger partial charge in [0.05, 0.1) is 20.6 Å². The van der Waals surface area contributed by atoms with E-state index in [-0.39, 0.29) is 5.91 Å². The Labute approximate surface area is 145 Å². The van der Waals surface area contributed by atoms with Crippen LogP contribution in [0.5, 0.6) is 11.5 Å². The molecule has 1 atom stereocenters. The monoisotopic (exact) mass is 334 g/mol. The molecule has 0 saturated carbocycles. The van der Waals surface area contributed by atoms with Crippen molar-refractivity contribution in [1.29, 1.82) is 0 Å². The molecule has 0 spiro atoms. The molecule has 1 N–H and O–H groups in total. The molecular weight excluding hydrogens is 304 g/mol. The van der Waals surface area contributed by atoms with Crippen molar-refractivity contribution >= 4 is 5.91 Å². The van der Waals surface area contributed by atoms with Crippen LogP contribution >= 0.6 is 0 Å². The molecule has 1 aromatic carbocycles. The van der Waals surface area contributed by atoms with E-state index in [9.17, 15) is 4.79 Å². The first-order valence-corrected chi connectivity index (χ1v) is 8.75. The second kappa shape index (κ2) is 8.92. The lowest BCUT2D eigenvalue weighted by atomic mass is 9.97. The molecule has 1 saturated heterocycles. The van der Waals surface area contributed by atoms with Gasteiger partial charge in [0, 0.05) is 19.1 Å². The molecule has 1 aliphatic rings. The Kier molecular flexibility index (Phi) is 6.91. The van der Waals surface area contributed by atoms with Crippen molar-refractivity contribution in [3.05, 3.63) is 23.8 Å². The lowest BCUT2D eigenvalue weighted by Gasteiger charge is -2.35. The number of rotatable bonds is 7. The molecule has 0 unspecified atom stereocenters. The van der Waals surface area contributed by atoms with Gasteiger partial charge in [0.25, 0.3) is 0 Å². The lowest BCUT2D eigenvalue weighted by Crippen LogP contribution is -2.43. The largest absolute Gasteiger partial charge is 0.493 e. The van der Waals surface area contributed by atoms with Crippen molar-refractivity contribution in [3.63, 3.8) is 0 Å². The molecule has 1 heterocycles. The summed E-state index contributed by atoms with van der Waals surface area (Å²) in [5.74, 6) is 1.94. The molecule has 2 rings (SSSR count). The van der Waals surface area contributed by atoms with Crippen LogP contribution in [0, 0.1) is 5.92 Å². The molecule has 5 nitrogen and oxygen atoms in total. The van der Waals surface area contributed by atoms with E-state index in [0.717, 1.165) is 18.7 Å². The van der Waals surface area contributed by atoms with E-state index in [4.69, 9.17) is 9.47 Å². The van der Waals surface area contributed by atoms with Crippen molar-refractivity contribution in [1.82, 2.24) is 10.2 Å². The Bertz CT molecular complexity index is 545. The fourth-order valence-electron chi connectivity index (χ4n) is 3.23. The van der Waals surface area contributed by atoms with Gasteiger partial charge in [0.2, 0.25) is 5.91 Å². The van der Waals surface area contributed by atoms with E-state index in [0.29, 0.717) is 29.9 Å². The minimum atomic E-state index is 0.0592. The fraction of sp³-hybridized carbons (Fsp3) is 0.632. The minimum Gasteiger partial charge on any atom is -0.493 e. The van der Waals surface area contributed by atoms with E-state index in [1.54, 1.807) is 14.2 Å². The van der Waals surface area contributed by atoms with Crippen LogP contribution in [-0.2, 0) is 11.2 Å².